The van der Waals surface area contributed by atoms with Gasteiger partial charge in [0.15, 0.2) is 0 Å². The first kappa shape index (κ1) is 10.8. The highest BCUT2D eigenvalue weighted by molar-refractivity contribution is 9.10. The quantitative estimate of drug-likeness (QED) is 0.796. The standard InChI is InChI=1S/C9H12BrN3O2/c10-7-1-11-9(12-2-7)13-3-6(5-14)8(15)4-13/h1-2,6,8,14-15H,3-5H2. The number of rotatable bonds is 2. The fourth-order valence-electron chi connectivity index (χ4n) is 1.67. The van der Waals surface area contributed by atoms with Crippen LogP contribution in [0.3, 0.4) is 0 Å². The molecule has 6 heteroatoms. The third-order valence-electron chi connectivity index (χ3n) is 2.53. The van der Waals surface area contributed by atoms with Crippen LogP contribution in [0.5, 0.6) is 0 Å². The summed E-state index contributed by atoms with van der Waals surface area (Å²) in [5, 5.41) is 18.6. The van der Waals surface area contributed by atoms with E-state index in [1.807, 2.05) is 4.90 Å². The number of hydrogen-bond donors (Lipinski definition) is 2. The summed E-state index contributed by atoms with van der Waals surface area (Å²) >= 11 is 3.26. The van der Waals surface area contributed by atoms with Gasteiger partial charge in [0.05, 0.1) is 17.2 Å². The summed E-state index contributed by atoms with van der Waals surface area (Å²) in [6, 6.07) is 0. The lowest BCUT2D eigenvalue weighted by Crippen LogP contribution is -2.23. The Hall–Kier alpha value is -0.720. The molecule has 5 nitrogen and oxygen atoms in total. The fraction of sp³-hybridized carbons (Fsp3) is 0.556. The highest BCUT2D eigenvalue weighted by Gasteiger charge is 2.31. The summed E-state index contributed by atoms with van der Waals surface area (Å²) in [5.41, 5.74) is 0. The van der Waals surface area contributed by atoms with Crippen molar-refractivity contribution in [3.8, 4) is 0 Å². The van der Waals surface area contributed by atoms with E-state index in [1.54, 1.807) is 12.4 Å². The lowest BCUT2D eigenvalue weighted by atomic mass is 10.1. The smallest absolute Gasteiger partial charge is 0.225 e. The Bertz CT molecular complexity index is 333. The number of aliphatic hydroxyl groups is 2. The molecule has 2 N–H and O–H groups in total. The topological polar surface area (TPSA) is 69.5 Å². The van der Waals surface area contributed by atoms with Crippen molar-refractivity contribution in [2.24, 2.45) is 5.92 Å². The zero-order valence-electron chi connectivity index (χ0n) is 8.04. The molecule has 2 atom stereocenters. The maximum absolute atomic E-state index is 9.61. The molecule has 2 unspecified atom stereocenters. The van der Waals surface area contributed by atoms with Gasteiger partial charge in [-0.05, 0) is 15.9 Å². The molecule has 0 aromatic carbocycles. The van der Waals surface area contributed by atoms with Gasteiger partial charge in [0, 0.05) is 31.4 Å². The average Bonchev–Trinajstić information content (AvgIpc) is 2.61. The molecule has 1 aliphatic heterocycles. The van der Waals surface area contributed by atoms with E-state index in [1.165, 1.54) is 0 Å². The first-order chi connectivity index (χ1) is 7.20. The van der Waals surface area contributed by atoms with Crippen molar-refractivity contribution in [3.63, 3.8) is 0 Å². The van der Waals surface area contributed by atoms with Crippen LogP contribution >= 0.6 is 15.9 Å². The van der Waals surface area contributed by atoms with Crippen LogP contribution < -0.4 is 4.90 Å². The minimum Gasteiger partial charge on any atom is -0.396 e. The molecule has 15 heavy (non-hydrogen) atoms. The average molecular weight is 274 g/mol. The second-order valence-corrected chi connectivity index (χ2v) is 4.53. The van der Waals surface area contributed by atoms with Crippen LogP contribution in [0.4, 0.5) is 5.95 Å². The van der Waals surface area contributed by atoms with Crippen molar-refractivity contribution in [2.45, 2.75) is 6.10 Å². The Morgan fingerprint density at radius 1 is 1.40 bits per heavy atom. The third-order valence-corrected chi connectivity index (χ3v) is 2.94. The molecule has 1 aromatic rings. The first-order valence-corrected chi connectivity index (χ1v) is 5.51. The molecule has 2 heterocycles. The Morgan fingerprint density at radius 3 is 2.60 bits per heavy atom. The number of aliphatic hydroxyl groups excluding tert-OH is 2. The van der Waals surface area contributed by atoms with Gasteiger partial charge in [0.1, 0.15) is 0 Å². The monoisotopic (exact) mass is 273 g/mol. The van der Waals surface area contributed by atoms with Crippen LogP contribution in [-0.2, 0) is 0 Å². The van der Waals surface area contributed by atoms with E-state index in [9.17, 15) is 5.11 Å². The van der Waals surface area contributed by atoms with Gasteiger partial charge in [0.25, 0.3) is 0 Å². The maximum Gasteiger partial charge on any atom is 0.225 e. The van der Waals surface area contributed by atoms with Gasteiger partial charge in [-0.15, -0.1) is 0 Å². The van der Waals surface area contributed by atoms with Crippen LogP contribution in [0.15, 0.2) is 16.9 Å². The van der Waals surface area contributed by atoms with Gasteiger partial charge in [-0.2, -0.15) is 0 Å². The first-order valence-electron chi connectivity index (χ1n) is 4.72. The Kier molecular flexibility index (Phi) is 3.18. The number of aromatic nitrogens is 2. The van der Waals surface area contributed by atoms with Crippen molar-refractivity contribution in [2.75, 3.05) is 24.6 Å². The molecular formula is C9H12BrN3O2. The second-order valence-electron chi connectivity index (χ2n) is 3.62. The van der Waals surface area contributed by atoms with Crippen molar-refractivity contribution in [3.05, 3.63) is 16.9 Å². The fourth-order valence-corrected chi connectivity index (χ4v) is 1.87. The van der Waals surface area contributed by atoms with E-state index >= 15 is 0 Å². The Balaban J connectivity index is 2.10. The van der Waals surface area contributed by atoms with Gasteiger partial charge in [-0.3, -0.25) is 0 Å². The van der Waals surface area contributed by atoms with Gasteiger partial charge >= 0.3 is 0 Å². The predicted octanol–water partition coefficient (Wildman–Crippen LogP) is 0.0285. The maximum atomic E-state index is 9.61. The van der Waals surface area contributed by atoms with Gasteiger partial charge in [-0.25, -0.2) is 9.97 Å². The van der Waals surface area contributed by atoms with E-state index in [0.717, 1.165) is 4.47 Å². The van der Waals surface area contributed by atoms with Crippen molar-refractivity contribution >= 4 is 21.9 Å². The zero-order chi connectivity index (χ0) is 10.8. The van der Waals surface area contributed by atoms with Crippen LogP contribution in [-0.4, -0.2) is 46.0 Å². The molecule has 0 aliphatic carbocycles. The largest absolute Gasteiger partial charge is 0.396 e. The van der Waals surface area contributed by atoms with Crippen LogP contribution in [0.25, 0.3) is 0 Å². The summed E-state index contributed by atoms with van der Waals surface area (Å²) in [4.78, 5) is 10.2. The van der Waals surface area contributed by atoms with Crippen LogP contribution in [0.1, 0.15) is 0 Å². The van der Waals surface area contributed by atoms with Gasteiger partial charge in [-0.1, -0.05) is 0 Å². The summed E-state index contributed by atoms with van der Waals surface area (Å²) in [7, 11) is 0. The Labute approximate surface area is 95.9 Å². The number of β-amino-alcohol motifs (C(OH)–C–C–N with tert-alkyl or cyclic N) is 1. The molecule has 0 saturated carbocycles. The number of halogens is 1. The number of anilines is 1. The highest BCUT2D eigenvalue weighted by atomic mass is 79.9. The minimum absolute atomic E-state index is 0.00576. The highest BCUT2D eigenvalue weighted by Crippen LogP contribution is 2.21. The van der Waals surface area contributed by atoms with Crippen molar-refractivity contribution in [1.82, 2.24) is 9.97 Å². The van der Waals surface area contributed by atoms with E-state index in [0.29, 0.717) is 19.0 Å². The molecule has 1 aromatic heterocycles. The lowest BCUT2D eigenvalue weighted by molar-refractivity contribution is 0.104. The predicted molar refractivity (Wildman–Crippen MR) is 58.5 cm³/mol. The number of nitrogens with zero attached hydrogens (tertiary/aromatic N) is 3. The minimum atomic E-state index is -0.498. The molecule has 0 amide bonds. The van der Waals surface area contributed by atoms with Gasteiger partial charge < -0.3 is 15.1 Å². The van der Waals surface area contributed by atoms with Gasteiger partial charge in [0.2, 0.25) is 5.95 Å². The Morgan fingerprint density at radius 2 is 2.07 bits per heavy atom. The summed E-state index contributed by atoms with van der Waals surface area (Å²) in [5.74, 6) is 0.491. The van der Waals surface area contributed by atoms with E-state index in [2.05, 4.69) is 25.9 Å². The van der Waals surface area contributed by atoms with Crippen molar-refractivity contribution < 1.29 is 10.2 Å². The van der Waals surface area contributed by atoms with E-state index in [-0.39, 0.29) is 12.5 Å². The molecule has 2 rings (SSSR count). The zero-order valence-corrected chi connectivity index (χ0v) is 9.63. The third kappa shape index (κ3) is 2.27. The molecule has 0 spiro atoms. The molecule has 1 saturated heterocycles. The van der Waals surface area contributed by atoms with Crippen molar-refractivity contribution in [1.29, 1.82) is 0 Å². The molecule has 0 bridgehead atoms. The van der Waals surface area contributed by atoms with Crippen LogP contribution in [0.2, 0.25) is 0 Å². The molecular weight excluding hydrogens is 262 g/mol. The lowest BCUT2D eigenvalue weighted by Gasteiger charge is -2.14. The van der Waals surface area contributed by atoms with Crippen LogP contribution in [0, 0.1) is 5.92 Å². The SMILES string of the molecule is OCC1CN(c2ncc(Br)cn2)CC1O. The second kappa shape index (κ2) is 4.42. The van der Waals surface area contributed by atoms with E-state index in [4.69, 9.17) is 5.11 Å². The van der Waals surface area contributed by atoms with E-state index < -0.39 is 6.10 Å². The summed E-state index contributed by atoms with van der Waals surface area (Å²) in [6.07, 6.45) is 2.84. The molecule has 82 valence electrons. The number of hydrogen-bond acceptors (Lipinski definition) is 5. The molecule has 0 radical (unpaired) electrons. The summed E-state index contributed by atoms with van der Waals surface area (Å²) in [6.45, 7) is 1.07. The molecule has 1 aliphatic rings. The normalized spacial score (nSPS) is 25.9. The molecule has 1 fully saturated rings. The summed E-state index contributed by atoms with van der Waals surface area (Å²) < 4.78 is 0.824.